The van der Waals surface area contributed by atoms with Crippen LogP contribution in [0.2, 0.25) is 0 Å². The van der Waals surface area contributed by atoms with Gasteiger partial charge >= 0.3 is 189 Å². The molecule has 204 valence electrons. The Morgan fingerprint density at radius 3 is 0.459 bits per heavy atom. The van der Waals surface area contributed by atoms with E-state index in [1.54, 1.807) is 0 Å². The molecule has 0 radical (unpaired) electrons. The number of rotatable bonds is 3. The quantitative estimate of drug-likeness (QED) is 0.154. The molecule has 0 aliphatic carbocycles. The van der Waals surface area contributed by atoms with E-state index in [-0.39, 0.29) is 0 Å². The molecule has 0 spiro atoms. The Morgan fingerprint density at radius 1 is 0.216 bits per heavy atom. The van der Waals surface area contributed by atoms with Gasteiger partial charge in [-0.15, -0.1) is 0 Å². The summed E-state index contributed by atoms with van der Waals surface area (Å²) in [6, 6.07) is 0. The Balaban J connectivity index is 2.99. The van der Waals surface area contributed by atoms with Gasteiger partial charge in [0.15, 0.2) is 0 Å². The van der Waals surface area contributed by atoms with E-state index in [0.29, 0.717) is 0 Å². The molecule has 0 amide bonds. The van der Waals surface area contributed by atoms with Gasteiger partial charge in [0, 0.05) is 0 Å². The third-order valence-electron chi connectivity index (χ3n) is 4.99. The molecule has 0 N–H and O–H groups in total. The third-order valence-corrected chi connectivity index (χ3v) is 13.5. The van der Waals surface area contributed by atoms with Crippen LogP contribution in [0.4, 0.5) is 76.3 Å². The summed E-state index contributed by atoms with van der Waals surface area (Å²) in [5.74, 6) is -57.4. The van der Waals surface area contributed by atoms with Crippen LogP contribution in [0.15, 0.2) is 0 Å². The molecule has 0 unspecified atom stereocenters. The molecule has 0 atom stereocenters. The molecular formula is C18AsF18-. The first-order valence-corrected chi connectivity index (χ1v) is 13.5. The second-order valence-electron chi connectivity index (χ2n) is 7.04. The molecule has 0 saturated carbocycles. The van der Waals surface area contributed by atoms with Gasteiger partial charge in [-0.25, -0.2) is 0 Å². The monoisotopic (exact) mass is 633 g/mol. The number of hydrogen-bond donors (Lipinski definition) is 0. The fourth-order valence-electron chi connectivity index (χ4n) is 3.37. The van der Waals surface area contributed by atoms with Crippen molar-refractivity contribution in [1.29, 1.82) is 0 Å². The minimum absolute atomic E-state index is 3.43. The first-order chi connectivity index (χ1) is 16.6. The zero-order chi connectivity index (χ0) is 28.8. The topological polar surface area (TPSA) is 0 Å². The van der Waals surface area contributed by atoms with Crippen molar-refractivity contribution in [2.24, 2.45) is 0 Å². The Kier molecular flexibility index (Phi) is 5.97. The van der Waals surface area contributed by atoms with Crippen molar-refractivity contribution < 1.29 is 76.3 Å². The van der Waals surface area contributed by atoms with Crippen molar-refractivity contribution in [2.45, 2.75) is 0 Å². The molecule has 0 aliphatic heterocycles. The average Bonchev–Trinajstić information content (AvgIpc) is 2.80. The van der Waals surface area contributed by atoms with E-state index in [9.17, 15) is 65.9 Å². The summed E-state index contributed by atoms with van der Waals surface area (Å²) in [6.45, 7) is 0. The van der Waals surface area contributed by atoms with Gasteiger partial charge in [0.05, 0.1) is 0 Å². The Labute approximate surface area is 190 Å². The third kappa shape index (κ3) is 3.23. The van der Waals surface area contributed by atoms with Crippen LogP contribution in [0, 0.1) is 87.3 Å². The van der Waals surface area contributed by atoms with E-state index >= 15 is 10.4 Å². The van der Waals surface area contributed by atoms with E-state index in [1.807, 2.05) is 0 Å². The van der Waals surface area contributed by atoms with E-state index in [2.05, 4.69) is 0 Å². The van der Waals surface area contributed by atoms with Gasteiger partial charge in [0.2, 0.25) is 0 Å². The molecule has 3 rings (SSSR count). The second kappa shape index (κ2) is 7.74. The number of benzene rings is 3. The van der Waals surface area contributed by atoms with Crippen LogP contribution < -0.4 is 13.1 Å². The predicted octanol–water partition coefficient (Wildman–Crippen LogP) is 5.55. The van der Waals surface area contributed by atoms with E-state index in [4.69, 9.17) is 0 Å². The maximum atomic E-state index is 16.4. The fraction of sp³-hybridized carbons (Fsp3) is 0. The summed E-state index contributed by atoms with van der Waals surface area (Å²) in [6.07, 6.45) is 0. The maximum absolute atomic E-state index is 16.4. The Morgan fingerprint density at radius 2 is 0.324 bits per heavy atom. The number of halogens is 18. The van der Waals surface area contributed by atoms with Gasteiger partial charge in [0.25, 0.3) is 0 Å². The van der Waals surface area contributed by atoms with E-state index in [1.165, 1.54) is 0 Å². The predicted molar refractivity (Wildman–Crippen MR) is 86.7 cm³/mol. The summed E-state index contributed by atoms with van der Waals surface area (Å²) >= 11 is -13.1. The first-order valence-electron chi connectivity index (χ1n) is 8.51. The normalized spacial score (nSPS) is 14.1. The number of hydrogen-bond acceptors (Lipinski definition) is 0. The molecule has 0 fully saturated rings. The van der Waals surface area contributed by atoms with Crippen molar-refractivity contribution in [1.82, 2.24) is 0 Å². The summed E-state index contributed by atoms with van der Waals surface area (Å²) in [4.78, 5) is 0. The van der Waals surface area contributed by atoms with Gasteiger partial charge in [-0.05, 0) is 0 Å². The van der Waals surface area contributed by atoms with Crippen molar-refractivity contribution >= 4 is 25.8 Å². The van der Waals surface area contributed by atoms with Crippen molar-refractivity contribution in [3.63, 3.8) is 0 Å². The van der Waals surface area contributed by atoms with Crippen LogP contribution in [-0.2, 0) is 0 Å². The van der Waals surface area contributed by atoms with Crippen molar-refractivity contribution in [2.75, 3.05) is 0 Å². The first kappa shape index (κ1) is 28.5. The summed E-state index contributed by atoms with van der Waals surface area (Å²) in [5, 5.41) is 0. The van der Waals surface area contributed by atoms with Crippen LogP contribution >= 0.6 is 0 Å². The van der Waals surface area contributed by atoms with Crippen LogP contribution in [-0.4, -0.2) is 12.8 Å². The standard InChI is InChI=1S/C18AsF18/c20-4-1(5(21)11(27)16(32)10(4)26)19(35,36,37,2-6(22)12(28)17(33)13(29)7(2)23)3-8(24)14(30)18(34)15(31)9(3)25/q-1. The van der Waals surface area contributed by atoms with Crippen LogP contribution in [0.1, 0.15) is 0 Å². The van der Waals surface area contributed by atoms with E-state index in [0.717, 1.165) is 0 Å². The SMILES string of the molecule is Fc1c(F)c(F)c([As-](F)(F)(F)(c2c(F)c(F)c(F)c(F)c2F)c2c(F)c(F)c(F)c(F)c2F)c(F)c1F. The Bertz CT molecular complexity index is 1280. The van der Waals surface area contributed by atoms with Gasteiger partial charge in [0.1, 0.15) is 0 Å². The molecular weight excluding hydrogens is 633 g/mol. The molecule has 37 heavy (non-hydrogen) atoms. The minimum atomic E-state index is -13.1. The molecule has 0 bridgehead atoms. The van der Waals surface area contributed by atoms with Crippen molar-refractivity contribution in [3.05, 3.63) is 87.3 Å². The zero-order valence-electron chi connectivity index (χ0n) is 16.3. The molecule has 0 heterocycles. The van der Waals surface area contributed by atoms with Gasteiger partial charge < -0.3 is 0 Å². The molecule has 0 aromatic heterocycles. The molecule has 0 aliphatic rings. The zero-order valence-corrected chi connectivity index (χ0v) is 18.1. The van der Waals surface area contributed by atoms with Crippen LogP contribution in [0.5, 0.6) is 0 Å². The van der Waals surface area contributed by atoms with Gasteiger partial charge in [-0.1, -0.05) is 0 Å². The van der Waals surface area contributed by atoms with E-state index < -0.39 is 113 Å². The molecule has 3 aromatic carbocycles. The summed E-state index contributed by atoms with van der Waals surface area (Å²) < 4.78 is 245. The van der Waals surface area contributed by atoms with Crippen LogP contribution in [0.25, 0.3) is 0 Å². The molecule has 0 nitrogen and oxygen atoms in total. The van der Waals surface area contributed by atoms with Crippen molar-refractivity contribution in [3.8, 4) is 0 Å². The average molecular weight is 633 g/mol. The Hall–Kier alpha value is -3.04. The molecule has 3 aromatic rings. The van der Waals surface area contributed by atoms with Gasteiger partial charge in [-0.3, -0.25) is 0 Å². The molecule has 0 saturated heterocycles. The van der Waals surface area contributed by atoms with Gasteiger partial charge in [-0.2, -0.15) is 0 Å². The van der Waals surface area contributed by atoms with Crippen LogP contribution in [0.3, 0.4) is 0 Å². The molecule has 19 heteroatoms. The summed E-state index contributed by atoms with van der Waals surface area (Å²) in [7, 11) is 0. The second-order valence-corrected chi connectivity index (χ2v) is 15.3. The fourth-order valence-corrected chi connectivity index (χ4v) is 11.3. The summed E-state index contributed by atoms with van der Waals surface area (Å²) in [5.41, 5.74) is 0.